The van der Waals surface area contributed by atoms with E-state index in [0.29, 0.717) is 33.3 Å². The topological polar surface area (TPSA) is 72.9 Å². The second-order valence-corrected chi connectivity index (χ2v) is 6.90. The highest BCUT2D eigenvalue weighted by molar-refractivity contribution is 6.35. The van der Waals surface area contributed by atoms with Crippen LogP contribution in [0.2, 0.25) is 10.0 Å². The number of carbonyl (C=O) groups is 3. The number of nitrogens with zero attached hydrogens (tertiary/aromatic N) is 1. The molecule has 0 saturated carbocycles. The first-order chi connectivity index (χ1) is 13.5. The zero-order valence-corrected chi connectivity index (χ0v) is 16.3. The Labute approximate surface area is 171 Å². The normalized spacial score (nSPS) is 12.9. The Balaban J connectivity index is 1.36. The Morgan fingerprint density at radius 1 is 0.964 bits per heavy atom. The molecule has 0 radical (unpaired) electrons. The number of hydrogen-bond acceptors (Lipinski definition) is 5. The van der Waals surface area contributed by atoms with Gasteiger partial charge in [-0.25, -0.2) is 0 Å². The van der Waals surface area contributed by atoms with Gasteiger partial charge in [-0.3, -0.25) is 19.3 Å². The van der Waals surface area contributed by atoms with Crippen molar-refractivity contribution >= 4 is 41.0 Å². The summed E-state index contributed by atoms with van der Waals surface area (Å²) < 4.78 is 10.6. The van der Waals surface area contributed by atoms with Crippen molar-refractivity contribution < 1.29 is 23.9 Å². The Hall–Kier alpha value is -2.57. The number of esters is 1. The van der Waals surface area contributed by atoms with Crippen molar-refractivity contribution in [3.05, 3.63) is 63.6 Å². The largest absolute Gasteiger partial charge is 0.492 e. The SMILES string of the molecule is O=C(CCCOc1ccc(Cl)cc1Cl)OCCN1C(=O)c2ccccc2C1=O. The summed E-state index contributed by atoms with van der Waals surface area (Å²) in [5, 5.41) is 0.912. The van der Waals surface area contributed by atoms with E-state index in [9.17, 15) is 14.4 Å². The lowest BCUT2D eigenvalue weighted by atomic mass is 10.1. The number of amides is 2. The zero-order chi connectivity index (χ0) is 20.1. The summed E-state index contributed by atoms with van der Waals surface area (Å²) in [5.41, 5.74) is 0.744. The molecule has 1 aliphatic rings. The first-order valence-electron chi connectivity index (χ1n) is 8.66. The Morgan fingerprint density at radius 2 is 1.64 bits per heavy atom. The third kappa shape index (κ3) is 4.64. The van der Waals surface area contributed by atoms with Gasteiger partial charge in [-0.1, -0.05) is 35.3 Å². The lowest BCUT2D eigenvalue weighted by Crippen LogP contribution is -2.33. The van der Waals surface area contributed by atoms with Crippen LogP contribution in [-0.4, -0.2) is 42.4 Å². The third-order valence-electron chi connectivity index (χ3n) is 4.13. The summed E-state index contributed by atoms with van der Waals surface area (Å²) in [6, 6.07) is 11.5. The van der Waals surface area contributed by atoms with Crippen LogP contribution in [0, 0.1) is 0 Å². The van der Waals surface area contributed by atoms with E-state index in [1.807, 2.05) is 0 Å². The second-order valence-electron chi connectivity index (χ2n) is 6.05. The molecule has 0 unspecified atom stereocenters. The maximum absolute atomic E-state index is 12.2. The third-order valence-corrected chi connectivity index (χ3v) is 4.66. The predicted octanol–water partition coefficient (Wildman–Crippen LogP) is 3.99. The molecule has 3 rings (SSSR count). The van der Waals surface area contributed by atoms with Gasteiger partial charge in [0.2, 0.25) is 0 Å². The van der Waals surface area contributed by atoms with Gasteiger partial charge in [-0.05, 0) is 36.8 Å². The molecule has 2 aromatic carbocycles. The maximum Gasteiger partial charge on any atom is 0.305 e. The standard InChI is InChI=1S/C20H17Cl2NO5/c21-13-7-8-17(16(22)12-13)27-10-3-6-18(24)28-11-9-23-19(25)14-4-1-2-5-15(14)20(23)26/h1-2,4-5,7-8,12H,3,6,9-11H2. The summed E-state index contributed by atoms with van der Waals surface area (Å²) in [6.45, 7) is 0.262. The van der Waals surface area contributed by atoms with Crippen LogP contribution < -0.4 is 4.74 Å². The van der Waals surface area contributed by atoms with Gasteiger partial charge >= 0.3 is 5.97 Å². The Kier molecular flexibility index (Phi) is 6.54. The van der Waals surface area contributed by atoms with Crippen LogP contribution in [0.3, 0.4) is 0 Å². The first kappa shape index (κ1) is 20.2. The molecule has 0 bridgehead atoms. The van der Waals surface area contributed by atoms with Gasteiger partial charge in [0.15, 0.2) is 0 Å². The lowest BCUT2D eigenvalue weighted by Gasteiger charge is -2.13. The minimum atomic E-state index is -0.428. The average Bonchev–Trinajstić information content (AvgIpc) is 2.92. The van der Waals surface area contributed by atoms with Crippen molar-refractivity contribution in [1.29, 1.82) is 0 Å². The Morgan fingerprint density at radius 3 is 2.29 bits per heavy atom. The van der Waals surface area contributed by atoms with Crippen molar-refractivity contribution in [2.45, 2.75) is 12.8 Å². The van der Waals surface area contributed by atoms with Gasteiger partial charge in [0.1, 0.15) is 12.4 Å². The number of carbonyl (C=O) groups excluding carboxylic acids is 3. The van der Waals surface area contributed by atoms with Crippen LogP contribution in [0.1, 0.15) is 33.6 Å². The summed E-state index contributed by atoms with van der Waals surface area (Å²) in [6.07, 6.45) is 0.581. The predicted molar refractivity (Wildman–Crippen MR) is 104 cm³/mol. The van der Waals surface area contributed by atoms with Gasteiger partial charge in [-0.15, -0.1) is 0 Å². The molecule has 2 aromatic rings. The van der Waals surface area contributed by atoms with Crippen LogP contribution in [0.4, 0.5) is 0 Å². The van der Waals surface area contributed by atoms with E-state index < -0.39 is 5.97 Å². The molecule has 1 aliphatic heterocycles. The molecular formula is C20H17Cl2NO5. The zero-order valence-electron chi connectivity index (χ0n) is 14.8. The van der Waals surface area contributed by atoms with Crippen LogP contribution in [0.15, 0.2) is 42.5 Å². The minimum Gasteiger partial charge on any atom is -0.492 e. The molecule has 0 atom stereocenters. The number of halogens is 2. The lowest BCUT2D eigenvalue weighted by molar-refractivity contribution is -0.144. The number of imide groups is 1. The number of rotatable bonds is 8. The molecule has 1 heterocycles. The van der Waals surface area contributed by atoms with E-state index in [2.05, 4.69) is 0 Å². The van der Waals surface area contributed by atoms with E-state index in [4.69, 9.17) is 32.7 Å². The van der Waals surface area contributed by atoms with Gasteiger partial charge < -0.3 is 9.47 Å². The summed E-state index contributed by atoms with van der Waals surface area (Å²) >= 11 is 11.8. The summed E-state index contributed by atoms with van der Waals surface area (Å²) in [5.74, 6) is -0.678. The smallest absolute Gasteiger partial charge is 0.305 e. The highest BCUT2D eigenvalue weighted by atomic mass is 35.5. The van der Waals surface area contributed by atoms with Crippen molar-refractivity contribution in [2.75, 3.05) is 19.8 Å². The molecule has 6 nitrogen and oxygen atoms in total. The van der Waals surface area contributed by atoms with Crippen LogP contribution in [0.5, 0.6) is 5.75 Å². The first-order valence-corrected chi connectivity index (χ1v) is 9.41. The number of benzene rings is 2. The molecule has 0 spiro atoms. The Bertz CT molecular complexity index is 880. The number of hydrogen-bond donors (Lipinski definition) is 0. The monoisotopic (exact) mass is 421 g/mol. The second kappa shape index (κ2) is 9.08. The fourth-order valence-electron chi connectivity index (χ4n) is 2.76. The van der Waals surface area contributed by atoms with E-state index in [0.717, 1.165) is 4.90 Å². The molecule has 0 saturated heterocycles. The average molecular weight is 422 g/mol. The molecule has 0 fully saturated rings. The molecule has 0 aliphatic carbocycles. The summed E-state index contributed by atoms with van der Waals surface area (Å²) in [4.78, 5) is 37.3. The molecule has 8 heteroatoms. The minimum absolute atomic E-state index is 0.0228. The molecule has 0 aromatic heterocycles. The number of fused-ring (bicyclic) bond motifs is 1. The molecular weight excluding hydrogens is 405 g/mol. The molecule has 0 N–H and O–H groups in total. The van der Waals surface area contributed by atoms with E-state index in [1.54, 1.807) is 42.5 Å². The summed E-state index contributed by atoms with van der Waals surface area (Å²) in [7, 11) is 0. The molecule has 28 heavy (non-hydrogen) atoms. The van der Waals surface area contributed by atoms with Crippen LogP contribution in [-0.2, 0) is 9.53 Å². The van der Waals surface area contributed by atoms with Crippen molar-refractivity contribution in [3.8, 4) is 5.75 Å². The fourth-order valence-corrected chi connectivity index (χ4v) is 3.22. The van der Waals surface area contributed by atoms with Gasteiger partial charge in [-0.2, -0.15) is 0 Å². The van der Waals surface area contributed by atoms with Gasteiger partial charge in [0, 0.05) is 11.4 Å². The number of ether oxygens (including phenoxy) is 2. The van der Waals surface area contributed by atoms with E-state index >= 15 is 0 Å². The molecule has 146 valence electrons. The highest BCUT2D eigenvalue weighted by Gasteiger charge is 2.34. The molecule has 2 amide bonds. The van der Waals surface area contributed by atoms with Crippen molar-refractivity contribution in [1.82, 2.24) is 4.90 Å². The van der Waals surface area contributed by atoms with E-state index in [1.165, 1.54) is 0 Å². The van der Waals surface area contributed by atoms with Crippen LogP contribution in [0.25, 0.3) is 0 Å². The van der Waals surface area contributed by atoms with E-state index in [-0.39, 0.29) is 38.0 Å². The fraction of sp³-hybridized carbons (Fsp3) is 0.250. The maximum atomic E-state index is 12.2. The van der Waals surface area contributed by atoms with Crippen molar-refractivity contribution in [2.24, 2.45) is 0 Å². The quantitative estimate of drug-likeness (QED) is 0.366. The van der Waals surface area contributed by atoms with Crippen LogP contribution >= 0.6 is 23.2 Å². The van der Waals surface area contributed by atoms with Crippen molar-refractivity contribution in [3.63, 3.8) is 0 Å². The highest BCUT2D eigenvalue weighted by Crippen LogP contribution is 2.27. The van der Waals surface area contributed by atoms with Gasteiger partial charge in [0.25, 0.3) is 11.8 Å². The van der Waals surface area contributed by atoms with Gasteiger partial charge in [0.05, 0.1) is 29.3 Å².